The summed E-state index contributed by atoms with van der Waals surface area (Å²) in [4.78, 5) is 18.1. The minimum Gasteiger partial charge on any atom is -0.333 e. The van der Waals surface area contributed by atoms with Gasteiger partial charge in [-0.3, -0.25) is 9.48 Å². The molecule has 3 heterocycles. The monoisotopic (exact) mass is 527 g/mol. The number of nitrogens with zero attached hydrogens (tertiary/aromatic N) is 5. The summed E-state index contributed by atoms with van der Waals surface area (Å²) >= 11 is 1.32. The van der Waals surface area contributed by atoms with Crippen LogP contribution in [0.25, 0.3) is 11.1 Å². The third-order valence-electron chi connectivity index (χ3n) is 6.41. The van der Waals surface area contributed by atoms with Gasteiger partial charge < -0.3 is 9.80 Å². The lowest BCUT2D eigenvalue weighted by Gasteiger charge is -2.34. The Morgan fingerprint density at radius 1 is 1.32 bits per heavy atom. The van der Waals surface area contributed by atoms with Crippen LogP contribution in [0.15, 0.2) is 42.6 Å². The van der Waals surface area contributed by atoms with Gasteiger partial charge >= 0.3 is 6.18 Å². The van der Waals surface area contributed by atoms with Gasteiger partial charge in [0.05, 0.1) is 6.54 Å². The van der Waals surface area contributed by atoms with Crippen LogP contribution in [0.3, 0.4) is 0 Å². The highest BCUT2D eigenvalue weighted by atomic mass is 32.1. The van der Waals surface area contributed by atoms with Crippen molar-refractivity contribution in [2.75, 3.05) is 27.2 Å². The molecule has 0 N–H and O–H groups in total. The molecule has 0 saturated heterocycles. The third kappa shape index (κ3) is 5.48. The summed E-state index contributed by atoms with van der Waals surface area (Å²) in [5, 5.41) is 13.4. The van der Waals surface area contributed by atoms with Crippen LogP contribution in [0.4, 0.5) is 13.2 Å². The van der Waals surface area contributed by atoms with E-state index in [1.807, 2.05) is 31.1 Å². The maximum atomic E-state index is 14.0. The number of aryl methyl sites for hydroxylation is 2. The predicted octanol–water partition coefficient (Wildman–Crippen LogP) is 5.42. The van der Waals surface area contributed by atoms with Crippen molar-refractivity contribution in [1.82, 2.24) is 19.6 Å². The van der Waals surface area contributed by atoms with Crippen molar-refractivity contribution in [1.29, 1.82) is 5.26 Å². The van der Waals surface area contributed by atoms with Gasteiger partial charge in [0.2, 0.25) is 5.91 Å². The molecule has 1 amide bonds. The Hall–Kier alpha value is -3.42. The van der Waals surface area contributed by atoms with E-state index in [9.17, 15) is 23.2 Å². The van der Waals surface area contributed by atoms with E-state index >= 15 is 0 Å². The van der Waals surface area contributed by atoms with Crippen LogP contribution in [0, 0.1) is 18.3 Å². The predicted molar refractivity (Wildman–Crippen MR) is 137 cm³/mol. The second-order valence-electron chi connectivity index (χ2n) is 9.32. The lowest BCUT2D eigenvalue weighted by atomic mass is 9.82. The maximum Gasteiger partial charge on any atom is 0.435 e. The Morgan fingerprint density at radius 3 is 2.73 bits per heavy atom. The van der Waals surface area contributed by atoms with E-state index in [-0.39, 0.29) is 11.5 Å². The van der Waals surface area contributed by atoms with Crippen LogP contribution in [-0.4, -0.2) is 52.7 Å². The topological polar surface area (TPSA) is 65.2 Å². The van der Waals surface area contributed by atoms with E-state index in [2.05, 4.69) is 11.2 Å². The summed E-state index contributed by atoms with van der Waals surface area (Å²) in [7, 11) is 3.81. The zero-order valence-corrected chi connectivity index (χ0v) is 22.0. The molecular weight excluding hydrogens is 499 g/mol. The molecule has 4 rings (SSSR count). The van der Waals surface area contributed by atoms with Gasteiger partial charge in [0.15, 0.2) is 5.69 Å². The molecule has 2 aromatic heterocycles. The van der Waals surface area contributed by atoms with Crippen LogP contribution in [0.1, 0.15) is 45.0 Å². The first-order chi connectivity index (χ1) is 17.5. The van der Waals surface area contributed by atoms with Crippen LogP contribution >= 0.6 is 11.3 Å². The number of fused-ring (bicyclic) bond motifs is 1. The molecule has 10 heteroatoms. The first kappa shape index (κ1) is 26.6. The number of alkyl halides is 3. The van der Waals surface area contributed by atoms with Gasteiger partial charge in [-0.15, -0.1) is 11.3 Å². The Balaban J connectivity index is 1.86. The van der Waals surface area contributed by atoms with E-state index in [1.165, 1.54) is 28.3 Å². The molecule has 194 valence electrons. The van der Waals surface area contributed by atoms with Gasteiger partial charge in [0, 0.05) is 48.3 Å². The van der Waals surface area contributed by atoms with Crippen molar-refractivity contribution in [2.24, 2.45) is 0 Å². The average molecular weight is 528 g/mol. The van der Waals surface area contributed by atoms with Crippen molar-refractivity contribution in [3.05, 3.63) is 74.8 Å². The Morgan fingerprint density at radius 2 is 2.08 bits per heavy atom. The molecule has 0 bridgehead atoms. The molecule has 1 unspecified atom stereocenters. The molecule has 37 heavy (non-hydrogen) atoms. The molecule has 3 aromatic rings. The smallest absolute Gasteiger partial charge is 0.333 e. The fourth-order valence-corrected chi connectivity index (χ4v) is 5.74. The minimum absolute atomic E-state index is 0.0223. The quantitative estimate of drug-likeness (QED) is 0.402. The lowest BCUT2D eigenvalue weighted by Crippen LogP contribution is -2.37. The molecular formula is C27H28F3N5OS. The van der Waals surface area contributed by atoms with Gasteiger partial charge in [-0.25, -0.2) is 0 Å². The molecule has 1 aliphatic rings. The highest BCUT2D eigenvalue weighted by molar-refractivity contribution is 7.12. The van der Waals surface area contributed by atoms with Crippen molar-refractivity contribution in [3.8, 4) is 17.2 Å². The number of nitriles is 1. The number of halogens is 3. The SMILES string of the molecule is CCn1cc(-c2c(C)cccc2C2CN(C(=O)/C=C/CN(C)C)Cc3sc(C#N)cc32)c(C(F)(F)F)n1. The second kappa shape index (κ2) is 10.5. The van der Waals surface area contributed by atoms with Gasteiger partial charge in [-0.1, -0.05) is 24.3 Å². The van der Waals surface area contributed by atoms with E-state index < -0.39 is 17.8 Å². The number of benzene rings is 1. The Bertz CT molecular complexity index is 1380. The largest absolute Gasteiger partial charge is 0.435 e. The van der Waals surface area contributed by atoms with Crippen LogP contribution < -0.4 is 0 Å². The number of hydrogen-bond donors (Lipinski definition) is 0. The fraction of sp³-hybridized carbons (Fsp3) is 0.370. The third-order valence-corrected chi connectivity index (χ3v) is 7.45. The number of likely N-dealkylation sites (N-methyl/N-ethyl adjacent to an activating group) is 1. The van der Waals surface area contributed by atoms with Crippen LogP contribution in [0.2, 0.25) is 0 Å². The zero-order valence-electron chi connectivity index (χ0n) is 21.1. The first-order valence-electron chi connectivity index (χ1n) is 11.9. The number of rotatable bonds is 6. The summed E-state index contributed by atoms with van der Waals surface area (Å²) in [5.74, 6) is -0.567. The number of carbonyl (C=O) groups excluding carboxylic acids is 1. The van der Waals surface area contributed by atoms with Gasteiger partial charge in [0.25, 0.3) is 0 Å². The van der Waals surface area contributed by atoms with Crippen LogP contribution in [-0.2, 0) is 24.1 Å². The van der Waals surface area contributed by atoms with Crippen molar-refractivity contribution in [2.45, 2.75) is 39.0 Å². The van der Waals surface area contributed by atoms with Crippen molar-refractivity contribution < 1.29 is 18.0 Å². The second-order valence-corrected chi connectivity index (χ2v) is 10.5. The van der Waals surface area contributed by atoms with E-state index in [0.29, 0.717) is 47.7 Å². The highest BCUT2D eigenvalue weighted by Gasteiger charge is 2.39. The molecule has 0 aliphatic carbocycles. The van der Waals surface area contributed by atoms with E-state index in [1.54, 1.807) is 37.0 Å². The Labute approximate surface area is 218 Å². The zero-order chi connectivity index (χ0) is 26.9. The molecule has 1 aliphatic heterocycles. The molecule has 0 radical (unpaired) electrons. The normalized spacial score (nSPS) is 15.9. The van der Waals surface area contributed by atoms with Gasteiger partial charge in [-0.05, 0) is 56.3 Å². The number of carbonyl (C=O) groups is 1. The average Bonchev–Trinajstić information content (AvgIpc) is 3.47. The van der Waals surface area contributed by atoms with Gasteiger partial charge in [0.1, 0.15) is 10.9 Å². The Kier molecular flexibility index (Phi) is 7.57. The van der Waals surface area contributed by atoms with E-state index in [0.717, 1.165) is 10.4 Å². The number of aromatic nitrogens is 2. The first-order valence-corrected chi connectivity index (χ1v) is 12.7. The number of hydrogen-bond acceptors (Lipinski definition) is 5. The molecule has 6 nitrogen and oxygen atoms in total. The molecule has 0 fully saturated rings. The molecule has 1 aromatic carbocycles. The minimum atomic E-state index is -4.62. The number of thiophene rings is 1. The summed E-state index contributed by atoms with van der Waals surface area (Å²) in [6.07, 6.45) is 0.141. The van der Waals surface area contributed by atoms with Gasteiger partial charge in [-0.2, -0.15) is 23.5 Å². The molecule has 0 saturated carbocycles. The highest BCUT2D eigenvalue weighted by Crippen LogP contribution is 2.45. The lowest BCUT2D eigenvalue weighted by molar-refractivity contribution is -0.141. The molecule has 1 atom stereocenters. The molecule has 0 spiro atoms. The van der Waals surface area contributed by atoms with Crippen molar-refractivity contribution >= 4 is 17.2 Å². The van der Waals surface area contributed by atoms with Crippen molar-refractivity contribution in [3.63, 3.8) is 0 Å². The maximum absolute atomic E-state index is 14.0. The summed E-state index contributed by atoms with van der Waals surface area (Å²) in [6.45, 7) is 5.08. The summed E-state index contributed by atoms with van der Waals surface area (Å²) in [5.41, 5.74) is 1.81. The standard InChI is InChI=1S/C27H28F3N5OS/c1-5-35-15-22(26(32-35)27(28,29)30)25-17(2)8-6-9-19(25)21-14-34(24(36)10-7-11-33(3)4)16-23-20(21)12-18(13-31)37-23/h6-10,12,15,21H,5,11,14,16H2,1-4H3/b10-7+. The summed E-state index contributed by atoms with van der Waals surface area (Å²) in [6, 6.07) is 9.41. The fourth-order valence-electron chi connectivity index (χ4n) is 4.70. The summed E-state index contributed by atoms with van der Waals surface area (Å²) < 4.78 is 43.4. The van der Waals surface area contributed by atoms with E-state index in [4.69, 9.17) is 0 Å². The number of amides is 1. The van der Waals surface area contributed by atoms with Crippen LogP contribution in [0.5, 0.6) is 0 Å².